The molecule has 1 aliphatic rings. The maximum absolute atomic E-state index is 12.7. The van der Waals surface area contributed by atoms with Gasteiger partial charge in [-0.1, -0.05) is 11.6 Å². The molecule has 2 aromatic heterocycles. The Hall–Kier alpha value is -2.49. The lowest BCUT2D eigenvalue weighted by molar-refractivity contribution is -0.367. The number of piperazine rings is 1. The highest BCUT2D eigenvalue weighted by atomic mass is 35.5. The van der Waals surface area contributed by atoms with Crippen molar-refractivity contribution in [2.24, 2.45) is 0 Å². The molecule has 0 spiro atoms. The van der Waals surface area contributed by atoms with E-state index in [1.807, 2.05) is 0 Å². The lowest BCUT2D eigenvalue weighted by atomic mass is 10.2. The lowest BCUT2D eigenvalue weighted by Crippen LogP contribution is -2.50. The summed E-state index contributed by atoms with van der Waals surface area (Å²) in [6.45, 7) is 1.47. The van der Waals surface area contributed by atoms with E-state index >= 15 is 0 Å². The SMILES string of the molecule is O=C(c1c[nH]c(=O)[nH]1)N1CCN(c2[nH+]cc(C(F)(F)F)cc2Cl)CC1. The molecule has 1 amide bonds. The van der Waals surface area contributed by atoms with Crippen LogP contribution in [0.4, 0.5) is 19.0 Å². The van der Waals surface area contributed by atoms with Gasteiger partial charge >= 0.3 is 11.9 Å². The van der Waals surface area contributed by atoms with Gasteiger partial charge in [-0.05, 0) is 6.07 Å². The van der Waals surface area contributed by atoms with E-state index in [1.165, 1.54) is 6.20 Å². The minimum atomic E-state index is -4.47. The predicted octanol–water partition coefficient (Wildman–Crippen LogP) is 1.15. The summed E-state index contributed by atoms with van der Waals surface area (Å²) in [5.41, 5.74) is -1.16. The predicted molar refractivity (Wildman–Crippen MR) is 82.5 cm³/mol. The van der Waals surface area contributed by atoms with Gasteiger partial charge in [0.2, 0.25) is 0 Å². The molecule has 0 atom stereocenters. The molecule has 0 aromatic carbocycles. The molecule has 0 saturated carbocycles. The number of pyridine rings is 1. The number of hydrogen-bond donors (Lipinski definition) is 2. The van der Waals surface area contributed by atoms with Crippen LogP contribution < -0.4 is 15.6 Å². The third-order valence-corrected chi connectivity index (χ3v) is 4.20. The first-order chi connectivity index (χ1) is 11.8. The smallest absolute Gasteiger partial charge is 0.329 e. The Morgan fingerprint density at radius 1 is 1.24 bits per heavy atom. The number of nitrogens with one attached hydrogen (secondary N) is 3. The van der Waals surface area contributed by atoms with Crippen LogP contribution in [0.1, 0.15) is 16.1 Å². The number of nitrogens with zero attached hydrogens (tertiary/aromatic N) is 2. The van der Waals surface area contributed by atoms with Crippen LogP contribution in [0.25, 0.3) is 0 Å². The number of anilines is 1. The molecule has 3 rings (SSSR count). The van der Waals surface area contributed by atoms with Crippen molar-refractivity contribution in [3.63, 3.8) is 0 Å². The summed E-state index contributed by atoms with van der Waals surface area (Å²) in [4.78, 5) is 34.0. The van der Waals surface area contributed by atoms with Gasteiger partial charge < -0.3 is 14.9 Å². The monoisotopic (exact) mass is 376 g/mol. The minimum absolute atomic E-state index is 0.0374. The second-order valence-electron chi connectivity index (χ2n) is 5.52. The molecule has 1 fully saturated rings. The lowest BCUT2D eigenvalue weighted by Gasteiger charge is -2.30. The number of amides is 1. The molecule has 3 N–H and O–H groups in total. The van der Waals surface area contributed by atoms with E-state index in [4.69, 9.17) is 11.6 Å². The highest BCUT2D eigenvalue weighted by molar-refractivity contribution is 6.32. The molecule has 25 heavy (non-hydrogen) atoms. The molecule has 134 valence electrons. The van der Waals surface area contributed by atoms with Crippen LogP contribution >= 0.6 is 11.6 Å². The number of aromatic amines is 3. The Morgan fingerprint density at radius 2 is 1.92 bits per heavy atom. The van der Waals surface area contributed by atoms with Crippen molar-refractivity contribution in [1.29, 1.82) is 0 Å². The van der Waals surface area contributed by atoms with E-state index in [2.05, 4.69) is 15.0 Å². The number of carbonyl (C=O) groups excluding carboxylic acids is 1. The average Bonchev–Trinajstić information content (AvgIpc) is 3.00. The van der Waals surface area contributed by atoms with Crippen LogP contribution in [0.3, 0.4) is 0 Å². The number of halogens is 4. The normalized spacial score (nSPS) is 15.5. The molecule has 0 bridgehead atoms. The van der Waals surface area contributed by atoms with Crippen molar-refractivity contribution in [3.05, 3.63) is 45.2 Å². The Kier molecular flexibility index (Phi) is 4.46. The van der Waals surface area contributed by atoms with Crippen molar-refractivity contribution in [3.8, 4) is 0 Å². The largest absolute Gasteiger partial charge is 0.419 e. The molecule has 0 aliphatic carbocycles. The highest BCUT2D eigenvalue weighted by Gasteiger charge is 2.35. The van der Waals surface area contributed by atoms with Crippen LogP contribution in [0, 0.1) is 0 Å². The van der Waals surface area contributed by atoms with Crippen molar-refractivity contribution in [2.75, 3.05) is 31.1 Å². The molecule has 0 radical (unpaired) electrons. The summed E-state index contributed by atoms with van der Waals surface area (Å²) in [6.07, 6.45) is -2.31. The minimum Gasteiger partial charge on any atom is -0.329 e. The van der Waals surface area contributed by atoms with Crippen LogP contribution in [0.5, 0.6) is 0 Å². The Bertz CT molecular complexity index is 839. The Morgan fingerprint density at radius 3 is 2.44 bits per heavy atom. The van der Waals surface area contributed by atoms with Crippen LogP contribution in [0.15, 0.2) is 23.3 Å². The second-order valence-corrected chi connectivity index (χ2v) is 5.93. The summed E-state index contributed by atoms with van der Waals surface area (Å²) in [5, 5.41) is -0.0374. The van der Waals surface area contributed by atoms with Crippen LogP contribution in [0.2, 0.25) is 5.02 Å². The van der Waals surface area contributed by atoms with Gasteiger partial charge in [-0.3, -0.25) is 9.69 Å². The molecule has 1 aliphatic heterocycles. The average molecular weight is 377 g/mol. The molecular formula is C14H14ClF3N5O2+. The first kappa shape index (κ1) is 17.3. The maximum Gasteiger partial charge on any atom is 0.419 e. The number of imidazole rings is 1. The number of aromatic nitrogens is 3. The van der Waals surface area contributed by atoms with Gasteiger partial charge in [-0.15, -0.1) is 0 Å². The van der Waals surface area contributed by atoms with E-state index < -0.39 is 17.4 Å². The van der Waals surface area contributed by atoms with E-state index in [1.54, 1.807) is 9.80 Å². The fraction of sp³-hybridized carbons (Fsp3) is 0.357. The van der Waals surface area contributed by atoms with Gasteiger partial charge in [0.15, 0.2) is 0 Å². The Labute approximate surface area is 144 Å². The second kappa shape index (κ2) is 6.43. The third-order valence-electron chi connectivity index (χ3n) is 3.91. The van der Waals surface area contributed by atoms with E-state index in [-0.39, 0.29) is 16.6 Å². The third kappa shape index (κ3) is 3.63. The molecule has 0 unspecified atom stereocenters. The highest BCUT2D eigenvalue weighted by Crippen LogP contribution is 2.32. The number of hydrogen-bond acceptors (Lipinski definition) is 3. The number of alkyl halides is 3. The standard InChI is InChI=1S/C14H13ClF3N5O2/c15-9-5-8(14(16,17)18)6-19-11(9)22-1-3-23(4-2-22)12(24)10-7-20-13(25)21-10/h5-7H,1-4H2,(H2,20,21,25)/p+1. The molecule has 2 aromatic rings. The Balaban J connectivity index is 1.68. The number of rotatable bonds is 2. The molecule has 3 heterocycles. The molecule has 7 nitrogen and oxygen atoms in total. The van der Waals surface area contributed by atoms with Crippen molar-refractivity contribution in [2.45, 2.75) is 6.18 Å². The van der Waals surface area contributed by atoms with Crippen molar-refractivity contribution >= 4 is 23.3 Å². The van der Waals surface area contributed by atoms with E-state index in [9.17, 15) is 22.8 Å². The van der Waals surface area contributed by atoms with Crippen molar-refractivity contribution < 1.29 is 22.9 Å². The van der Waals surface area contributed by atoms with Gasteiger partial charge in [0.25, 0.3) is 11.7 Å². The van der Waals surface area contributed by atoms with Gasteiger partial charge in [-0.2, -0.15) is 13.2 Å². The van der Waals surface area contributed by atoms with Gasteiger partial charge in [0.05, 0.1) is 18.7 Å². The zero-order valence-corrected chi connectivity index (χ0v) is 13.5. The zero-order valence-electron chi connectivity index (χ0n) is 12.8. The van der Waals surface area contributed by atoms with E-state index in [0.29, 0.717) is 32.0 Å². The summed E-state index contributed by atoms with van der Waals surface area (Å²) < 4.78 is 38.0. The van der Waals surface area contributed by atoms with Gasteiger partial charge in [0, 0.05) is 6.20 Å². The molecule has 1 saturated heterocycles. The van der Waals surface area contributed by atoms with Crippen LogP contribution in [-0.2, 0) is 6.18 Å². The number of H-pyrrole nitrogens is 3. The van der Waals surface area contributed by atoms with E-state index in [0.717, 1.165) is 12.3 Å². The zero-order chi connectivity index (χ0) is 18.2. The number of carbonyl (C=O) groups is 1. The first-order valence-electron chi connectivity index (χ1n) is 7.36. The summed E-state index contributed by atoms with van der Waals surface area (Å²) in [5.74, 6) is 0.0531. The fourth-order valence-corrected chi connectivity index (χ4v) is 2.91. The summed E-state index contributed by atoms with van der Waals surface area (Å²) >= 11 is 5.97. The topological polar surface area (TPSA) is 86.3 Å². The summed E-state index contributed by atoms with van der Waals surface area (Å²) in [6, 6.07) is 0.870. The molecule has 11 heteroatoms. The molecular weight excluding hydrogens is 363 g/mol. The first-order valence-corrected chi connectivity index (χ1v) is 7.74. The van der Waals surface area contributed by atoms with Crippen LogP contribution in [-0.4, -0.2) is 47.0 Å². The summed E-state index contributed by atoms with van der Waals surface area (Å²) in [7, 11) is 0. The fourth-order valence-electron chi connectivity index (χ4n) is 2.62. The van der Waals surface area contributed by atoms with Crippen molar-refractivity contribution in [1.82, 2.24) is 14.9 Å². The van der Waals surface area contributed by atoms with Gasteiger partial charge in [0.1, 0.15) is 30.0 Å². The quantitative estimate of drug-likeness (QED) is 0.824. The van der Waals surface area contributed by atoms with Gasteiger partial charge in [-0.25, -0.2) is 9.78 Å². The maximum atomic E-state index is 12.7.